The number of nitrogens with zero attached hydrogens (tertiary/aromatic N) is 3. The van der Waals surface area contributed by atoms with Crippen LogP contribution >= 0.6 is 0 Å². The maximum absolute atomic E-state index is 5.98. The van der Waals surface area contributed by atoms with Crippen LogP contribution in [0.2, 0.25) is 0 Å². The molecule has 0 saturated carbocycles. The maximum Gasteiger partial charge on any atom is 0.137 e. The van der Waals surface area contributed by atoms with Gasteiger partial charge in [0.05, 0.1) is 12.1 Å². The van der Waals surface area contributed by atoms with Crippen molar-refractivity contribution in [2.45, 2.75) is 39.0 Å². The Kier molecular flexibility index (Phi) is 11.1. The molecule has 7 nitrogen and oxygen atoms in total. The molecule has 0 bridgehead atoms. The van der Waals surface area contributed by atoms with E-state index in [0.717, 1.165) is 97.7 Å². The van der Waals surface area contributed by atoms with Gasteiger partial charge < -0.3 is 20.7 Å². The Morgan fingerprint density at radius 3 is 2.54 bits per heavy atom. The molecule has 0 aliphatic rings. The van der Waals surface area contributed by atoms with E-state index in [1.165, 1.54) is 5.56 Å². The molecule has 4 aromatic rings. The van der Waals surface area contributed by atoms with Gasteiger partial charge in [0.15, 0.2) is 0 Å². The van der Waals surface area contributed by atoms with Crippen LogP contribution in [0.3, 0.4) is 0 Å². The number of aromatic nitrogens is 3. The number of hydrogen-bond donors (Lipinski definition) is 3. The van der Waals surface area contributed by atoms with Gasteiger partial charge in [-0.25, -0.2) is 9.97 Å². The topological polar surface area (TPSA) is 84.0 Å². The lowest BCUT2D eigenvalue weighted by Gasteiger charge is -2.11. The first kappa shape index (κ1) is 28.0. The quantitative estimate of drug-likeness (QED) is 0.140. The Hall–Kier alpha value is -3.97. The fourth-order valence-electron chi connectivity index (χ4n) is 4.51. The van der Waals surface area contributed by atoms with Crippen LogP contribution in [0.25, 0.3) is 17.0 Å². The average Bonchev–Trinajstić information content (AvgIpc) is 2.97. The number of nitrogens with one attached hydrogen (secondary N) is 3. The molecule has 0 aliphatic heterocycles. The fourth-order valence-corrected chi connectivity index (χ4v) is 4.51. The van der Waals surface area contributed by atoms with Crippen molar-refractivity contribution in [2.24, 2.45) is 0 Å². The molecule has 0 unspecified atom stereocenters. The lowest BCUT2D eigenvalue weighted by Crippen LogP contribution is -2.19. The number of ether oxygens (including phenoxy) is 1. The molecule has 0 aliphatic carbocycles. The maximum atomic E-state index is 5.98. The molecule has 4 rings (SSSR count). The predicted octanol–water partition coefficient (Wildman–Crippen LogP) is 6.27. The minimum absolute atomic E-state index is 0.668. The Bertz CT molecular complexity index is 1310. The summed E-state index contributed by atoms with van der Waals surface area (Å²) in [5.74, 6) is 1.71. The summed E-state index contributed by atoms with van der Waals surface area (Å²) in [6.45, 7) is 10.3. The van der Waals surface area contributed by atoms with E-state index in [1.54, 1.807) is 6.33 Å². The number of unbranched alkanes of at least 4 members (excludes halogenated alkanes) is 1. The zero-order chi connectivity index (χ0) is 27.1. The van der Waals surface area contributed by atoms with E-state index in [-0.39, 0.29) is 0 Å². The summed E-state index contributed by atoms with van der Waals surface area (Å²) in [6.07, 6.45) is 10.6. The third kappa shape index (κ3) is 8.79. The van der Waals surface area contributed by atoms with Gasteiger partial charge in [0.2, 0.25) is 0 Å². The standard InChI is InChI=1S/C32H40N6O/c1-3-28-25(2)34-21-16-30(28)35-19-8-7-17-33-18-10-22-39-27-14-15-29-31(23-27)37-24-38-32(29)36-20-9-13-26-11-5-4-6-12-26/h3-6,11-12,14-16,21,23-24,33H,1,7-10,13,17-20,22H2,2H3,(H,34,35)(H,36,37,38). The number of hydrogen-bond acceptors (Lipinski definition) is 7. The second-order valence-electron chi connectivity index (χ2n) is 9.56. The molecule has 39 heavy (non-hydrogen) atoms. The van der Waals surface area contributed by atoms with Crippen LogP contribution < -0.4 is 20.7 Å². The minimum Gasteiger partial charge on any atom is -0.493 e. The molecule has 0 spiro atoms. The molecular formula is C32H40N6O. The lowest BCUT2D eigenvalue weighted by molar-refractivity contribution is 0.308. The largest absolute Gasteiger partial charge is 0.493 e. The smallest absolute Gasteiger partial charge is 0.137 e. The van der Waals surface area contributed by atoms with Crippen LogP contribution in [0.1, 0.15) is 42.5 Å². The van der Waals surface area contributed by atoms with Crippen molar-refractivity contribution in [1.29, 1.82) is 0 Å². The van der Waals surface area contributed by atoms with Crippen molar-refractivity contribution < 1.29 is 4.74 Å². The molecule has 2 heterocycles. The first-order valence-corrected chi connectivity index (χ1v) is 13.9. The number of anilines is 2. The van der Waals surface area contributed by atoms with Gasteiger partial charge in [-0.15, -0.1) is 0 Å². The molecular weight excluding hydrogens is 484 g/mol. The number of aryl methyl sites for hydroxylation is 2. The van der Waals surface area contributed by atoms with Gasteiger partial charge in [-0.05, 0) is 75.9 Å². The second-order valence-corrected chi connectivity index (χ2v) is 9.56. The molecule has 0 atom stereocenters. The van der Waals surface area contributed by atoms with Gasteiger partial charge in [0.25, 0.3) is 0 Å². The van der Waals surface area contributed by atoms with Crippen LogP contribution in [0.15, 0.2) is 73.7 Å². The van der Waals surface area contributed by atoms with E-state index >= 15 is 0 Å². The third-order valence-electron chi connectivity index (χ3n) is 6.64. The highest BCUT2D eigenvalue weighted by Gasteiger charge is 2.06. The summed E-state index contributed by atoms with van der Waals surface area (Å²) in [5, 5.41) is 11.5. The molecule has 3 N–H and O–H groups in total. The van der Waals surface area contributed by atoms with Gasteiger partial charge in [-0.2, -0.15) is 0 Å². The molecule has 204 valence electrons. The van der Waals surface area contributed by atoms with Crippen LogP contribution in [0.5, 0.6) is 5.75 Å². The van der Waals surface area contributed by atoms with E-state index in [4.69, 9.17) is 4.74 Å². The van der Waals surface area contributed by atoms with Crippen molar-refractivity contribution in [1.82, 2.24) is 20.3 Å². The van der Waals surface area contributed by atoms with Crippen molar-refractivity contribution in [3.8, 4) is 5.75 Å². The van der Waals surface area contributed by atoms with Crippen molar-refractivity contribution >= 4 is 28.5 Å². The number of pyridine rings is 1. The van der Waals surface area contributed by atoms with Crippen molar-refractivity contribution in [3.05, 3.63) is 90.5 Å². The zero-order valence-corrected chi connectivity index (χ0v) is 23.0. The number of rotatable bonds is 17. The van der Waals surface area contributed by atoms with Gasteiger partial charge in [-0.1, -0.05) is 43.0 Å². The first-order chi connectivity index (χ1) is 19.2. The Morgan fingerprint density at radius 1 is 0.846 bits per heavy atom. The van der Waals surface area contributed by atoms with Crippen LogP contribution in [0, 0.1) is 6.92 Å². The summed E-state index contributed by atoms with van der Waals surface area (Å²) in [7, 11) is 0. The highest BCUT2D eigenvalue weighted by atomic mass is 16.5. The minimum atomic E-state index is 0.668. The predicted molar refractivity (Wildman–Crippen MR) is 163 cm³/mol. The third-order valence-corrected chi connectivity index (χ3v) is 6.64. The van der Waals surface area contributed by atoms with E-state index in [0.29, 0.717) is 6.61 Å². The Balaban J connectivity index is 1.09. The molecule has 0 amide bonds. The summed E-state index contributed by atoms with van der Waals surface area (Å²) < 4.78 is 5.98. The van der Waals surface area contributed by atoms with Gasteiger partial charge in [-0.3, -0.25) is 4.98 Å². The Labute approximate surface area is 232 Å². The van der Waals surface area contributed by atoms with E-state index < -0.39 is 0 Å². The molecule has 2 aromatic heterocycles. The van der Waals surface area contributed by atoms with Gasteiger partial charge >= 0.3 is 0 Å². The summed E-state index contributed by atoms with van der Waals surface area (Å²) in [6, 6.07) is 18.6. The fraction of sp³-hybridized carbons (Fsp3) is 0.344. The molecule has 0 fully saturated rings. The summed E-state index contributed by atoms with van der Waals surface area (Å²) >= 11 is 0. The van der Waals surface area contributed by atoms with E-state index in [1.807, 2.05) is 43.5 Å². The van der Waals surface area contributed by atoms with E-state index in [2.05, 4.69) is 67.8 Å². The molecule has 0 radical (unpaired) electrons. The zero-order valence-electron chi connectivity index (χ0n) is 23.0. The number of fused-ring (bicyclic) bond motifs is 1. The summed E-state index contributed by atoms with van der Waals surface area (Å²) in [5.41, 5.74) is 5.44. The monoisotopic (exact) mass is 524 g/mol. The van der Waals surface area contributed by atoms with Gasteiger partial charge in [0.1, 0.15) is 17.9 Å². The highest BCUT2D eigenvalue weighted by molar-refractivity contribution is 5.89. The summed E-state index contributed by atoms with van der Waals surface area (Å²) in [4.78, 5) is 13.2. The van der Waals surface area contributed by atoms with Gasteiger partial charge in [0, 0.05) is 47.7 Å². The second kappa shape index (κ2) is 15.4. The molecule has 2 aromatic carbocycles. The van der Waals surface area contributed by atoms with Crippen LogP contribution in [-0.2, 0) is 6.42 Å². The normalized spacial score (nSPS) is 10.9. The van der Waals surface area contributed by atoms with E-state index in [9.17, 15) is 0 Å². The average molecular weight is 525 g/mol. The first-order valence-electron chi connectivity index (χ1n) is 13.9. The lowest BCUT2D eigenvalue weighted by atomic mass is 10.1. The van der Waals surface area contributed by atoms with Crippen molar-refractivity contribution in [2.75, 3.05) is 43.4 Å². The number of benzene rings is 2. The highest BCUT2D eigenvalue weighted by Crippen LogP contribution is 2.24. The van der Waals surface area contributed by atoms with Crippen LogP contribution in [0.4, 0.5) is 11.5 Å². The molecule has 0 saturated heterocycles. The van der Waals surface area contributed by atoms with Crippen molar-refractivity contribution in [3.63, 3.8) is 0 Å². The Morgan fingerprint density at radius 2 is 1.67 bits per heavy atom. The SMILES string of the molecule is C=Cc1c(NCCCCNCCCOc2ccc3c(NCCCc4ccccc4)ncnc3c2)ccnc1C. The van der Waals surface area contributed by atoms with Crippen LogP contribution in [-0.4, -0.2) is 47.7 Å². The molecule has 7 heteroatoms.